The summed E-state index contributed by atoms with van der Waals surface area (Å²) in [7, 11) is 0. The Morgan fingerprint density at radius 3 is 2.24 bits per heavy atom. The van der Waals surface area contributed by atoms with Crippen LogP contribution in [0.3, 0.4) is 0 Å². The molecule has 0 amide bonds. The third-order valence-corrected chi connectivity index (χ3v) is 5.14. The SMILES string of the molecule is CCCNC(c1ccc(CCC)cc1)C1(C)CCCCC1. The third kappa shape index (κ3) is 4.32. The van der Waals surface area contributed by atoms with E-state index < -0.39 is 0 Å². The van der Waals surface area contributed by atoms with Gasteiger partial charge in [0.25, 0.3) is 0 Å². The number of rotatable bonds is 7. The summed E-state index contributed by atoms with van der Waals surface area (Å²) in [6, 6.07) is 9.95. The molecule has 1 aliphatic rings. The molecule has 0 bridgehead atoms. The fourth-order valence-electron chi connectivity index (χ4n) is 3.87. The number of aryl methyl sites for hydroxylation is 1. The van der Waals surface area contributed by atoms with Crippen LogP contribution in [-0.2, 0) is 6.42 Å². The first kappa shape index (κ1) is 16.5. The van der Waals surface area contributed by atoms with Crippen LogP contribution in [0.2, 0.25) is 0 Å². The van der Waals surface area contributed by atoms with Crippen molar-refractivity contribution >= 4 is 0 Å². The predicted molar refractivity (Wildman–Crippen MR) is 92.7 cm³/mol. The van der Waals surface area contributed by atoms with Crippen LogP contribution in [0.25, 0.3) is 0 Å². The minimum absolute atomic E-state index is 0.430. The van der Waals surface area contributed by atoms with Gasteiger partial charge in [-0.2, -0.15) is 0 Å². The van der Waals surface area contributed by atoms with Gasteiger partial charge in [0.15, 0.2) is 0 Å². The zero-order chi connectivity index (χ0) is 15.1. The maximum atomic E-state index is 3.85. The Balaban J connectivity index is 2.17. The molecule has 2 rings (SSSR count). The number of nitrogens with one attached hydrogen (secondary N) is 1. The van der Waals surface area contributed by atoms with Crippen molar-refractivity contribution < 1.29 is 0 Å². The zero-order valence-electron chi connectivity index (χ0n) is 14.3. The Bertz CT molecular complexity index is 400. The molecular formula is C20H33N. The lowest BCUT2D eigenvalue weighted by Gasteiger charge is -2.41. The maximum absolute atomic E-state index is 3.85. The summed E-state index contributed by atoms with van der Waals surface area (Å²) < 4.78 is 0. The van der Waals surface area contributed by atoms with E-state index in [9.17, 15) is 0 Å². The Hall–Kier alpha value is -0.820. The molecule has 0 spiro atoms. The molecule has 0 saturated heterocycles. The van der Waals surface area contributed by atoms with E-state index in [0.29, 0.717) is 11.5 Å². The van der Waals surface area contributed by atoms with E-state index in [-0.39, 0.29) is 0 Å². The van der Waals surface area contributed by atoms with Gasteiger partial charge >= 0.3 is 0 Å². The molecule has 1 N–H and O–H groups in total. The molecule has 1 aliphatic carbocycles. The average molecular weight is 287 g/mol. The van der Waals surface area contributed by atoms with Crippen LogP contribution in [0, 0.1) is 5.41 Å². The zero-order valence-corrected chi connectivity index (χ0v) is 14.3. The van der Waals surface area contributed by atoms with Crippen molar-refractivity contribution in [1.29, 1.82) is 0 Å². The average Bonchev–Trinajstić information content (AvgIpc) is 2.50. The molecule has 0 heterocycles. The van der Waals surface area contributed by atoms with E-state index in [4.69, 9.17) is 0 Å². The van der Waals surface area contributed by atoms with Crippen molar-refractivity contribution in [3.63, 3.8) is 0 Å². The van der Waals surface area contributed by atoms with Gasteiger partial charge in [0, 0.05) is 6.04 Å². The van der Waals surface area contributed by atoms with Crippen molar-refractivity contribution in [2.45, 2.75) is 78.2 Å². The molecule has 1 aromatic rings. The molecule has 0 aliphatic heterocycles. The van der Waals surface area contributed by atoms with Gasteiger partial charge in [-0.15, -0.1) is 0 Å². The molecule has 1 nitrogen and oxygen atoms in total. The molecule has 1 saturated carbocycles. The van der Waals surface area contributed by atoms with Gasteiger partial charge in [-0.05, 0) is 48.8 Å². The number of benzene rings is 1. The summed E-state index contributed by atoms with van der Waals surface area (Å²) in [4.78, 5) is 0. The van der Waals surface area contributed by atoms with Gasteiger partial charge in [0.05, 0.1) is 0 Å². The van der Waals surface area contributed by atoms with E-state index in [2.05, 4.69) is 50.4 Å². The van der Waals surface area contributed by atoms with Crippen molar-refractivity contribution in [1.82, 2.24) is 5.32 Å². The van der Waals surface area contributed by atoms with E-state index in [1.54, 1.807) is 0 Å². The smallest absolute Gasteiger partial charge is 0.0374 e. The molecule has 0 radical (unpaired) electrons. The molecule has 118 valence electrons. The second-order valence-electron chi connectivity index (χ2n) is 7.09. The van der Waals surface area contributed by atoms with Crippen molar-refractivity contribution in [3.05, 3.63) is 35.4 Å². The topological polar surface area (TPSA) is 12.0 Å². The molecule has 1 heteroatoms. The quantitative estimate of drug-likeness (QED) is 0.683. The molecule has 21 heavy (non-hydrogen) atoms. The normalized spacial score (nSPS) is 19.4. The fourth-order valence-corrected chi connectivity index (χ4v) is 3.87. The van der Waals surface area contributed by atoms with Crippen LogP contribution in [0.1, 0.15) is 82.9 Å². The van der Waals surface area contributed by atoms with Gasteiger partial charge < -0.3 is 5.32 Å². The van der Waals surface area contributed by atoms with Gasteiger partial charge in [-0.25, -0.2) is 0 Å². The lowest BCUT2D eigenvalue weighted by molar-refractivity contribution is 0.144. The summed E-state index contributed by atoms with van der Waals surface area (Å²) >= 11 is 0. The molecule has 1 unspecified atom stereocenters. The van der Waals surface area contributed by atoms with Crippen LogP contribution in [0.5, 0.6) is 0 Å². The maximum Gasteiger partial charge on any atom is 0.0374 e. The van der Waals surface area contributed by atoms with Gasteiger partial charge in [-0.3, -0.25) is 0 Å². The second-order valence-corrected chi connectivity index (χ2v) is 7.09. The first-order valence-electron chi connectivity index (χ1n) is 9.02. The van der Waals surface area contributed by atoms with Crippen LogP contribution in [0.15, 0.2) is 24.3 Å². The Morgan fingerprint density at radius 2 is 1.67 bits per heavy atom. The highest BCUT2D eigenvalue weighted by atomic mass is 14.9. The largest absolute Gasteiger partial charge is 0.309 e. The van der Waals surface area contributed by atoms with Crippen molar-refractivity contribution in [3.8, 4) is 0 Å². The monoisotopic (exact) mass is 287 g/mol. The second kappa shape index (κ2) is 7.98. The Morgan fingerprint density at radius 1 is 1.00 bits per heavy atom. The highest BCUT2D eigenvalue weighted by Gasteiger charge is 2.35. The lowest BCUT2D eigenvalue weighted by atomic mass is 9.68. The highest BCUT2D eigenvalue weighted by molar-refractivity contribution is 5.27. The number of hydrogen-bond donors (Lipinski definition) is 1. The van der Waals surface area contributed by atoms with Gasteiger partial charge in [-0.1, -0.05) is 70.7 Å². The van der Waals surface area contributed by atoms with E-state index in [1.807, 2.05) is 0 Å². The van der Waals surface area contributed by atoms with Crippen LogP contribution in [0.4, 0.5) is 0 Å². The standard InChI is InChI=1S/C20H33N/c1-4-9-17-10-12-18(13-11-17)19(21-16-5-2)20(3)14-7-6-8-15-20/h10-13,19,21H,4-9,14-16H2,1-3H3. The molecular weight excluding hydrogens is 254 g/mol. The van der Waals surface area contributed by atoms with Crippen LogP contribution >= 0.6 is 0 Å². The minimum atomic E-state index is 0.430. The van der Waals surface area contributed by atoms with E-state index in [0.717, 1.165) is 6.54 Å². The molecule has 1 aromatic carbocycles. The Labute approximate surface area is 131 Å². The number of hydrogen-bond acceptors (Lipinski definition) is 1. The van der Waals surface area contributed by atoms with Gasteiger partial charge in [0.2, 0.25) is 0 Å². The lowest BCUT2D eigenvalue weighted by Crippen LogP contribution is -2.38. The Kier molecular flexibility index (Phi) is 6.29. The van der Waals surface area contributed by atoms with Crippen LogP contribution < -0.4 is 5.32 Å². The summed E-state index contributed by atoms with van der Waals surface area (Å²) in [5, 5.41) is 3.85. The fraction of sp³-hybridized carbons (Fsp3) is 0.700. The molecule has 1 atom stereocenters. The molecule has 0 aromatic heterocycles. The summed E-state index contributed by atoms with van der Waals surface area (Å²) in [6.45, 7) is 8.14. The van der Waals surface area contributed by atoms with Crippen molar-refractivity contribution in [2.24, 2.45) is 5.41 Å². The summed E-state index contributed by atoms with van der Waals surface area (Å²) in [5.74, 6) is 0. The first-order valence-corrected chi connectivity index (χ1v) is 9.02. The predicted octanol–water partition coefficient (Wildman–Crippen LogP) is 5.65. The minimum Gasteiger partial charge on any atom is -0.309 e. The third-order valence-electron chi connectivity index (χ3n) is 5.14. The van der Waals surface area contributed by atoms with Gasteiger partial charge in [0.1, 0.15) is 0 Å². The summed E-state index contributed by atoms with van der Waals surface area (Å²) in [6.07, 6.45) is 10.6. The van der Waals surface area contributed by atoms with Crippen molar-refractivity contribution in [2.75, 3.05) is 6.54 Å². The summed E-state index contributed by atoms with van der Waals surface area (Å²) in [5.41, 5.74) is 3.40. The highest BCUT2D eigenvalue weighted by Crippen LogP contribution is 2.45. The van der Waals surface area contributed by atoms with E-state index in [1.165, 1.54) is 62.5 Å². The van der Waals surface area contributed by atoms with E-state index >= 15 is 0 Å². The molecule has 1 fully saturated rings. The first-order chi connectivity index (χ1) is 10.2. The van der Waals surface area contributed by atoms with Crippen LogP contribution in [-0.4, -0.2) is 6.54 Å².